The van der Waals surface area contributed by atoms with Gasteiger partial charge in [-0.25, -0.2) is 4.98 Å². The molecule has 0 radical (unpaired) electrons. The lowest BCUT2D eigenvalue weighted by molar-refractivity contribution is -0.118. The maximum absolute atomic E-state index is 12.4. The number of anilines is 1. The van der Waals surface area contributed by atoms with Gasteiger partial charge >= 0.3 is 0 Å². The average Bonchev–Trinajstić information content (AvgIpc) is 3.00. The highest BCUT2D eigenvalue weighted by Gasteiger charge is 2.17. The molecule has 136 valence electrons. The SMILES string of the molecule is CN[C@H](CC(C)C)C(=O)Nc1ccc(-c2ccnc3[nH]c(C)cc23)cc1. The summed E-state index contributed by atoms with van der Waals surface area (Å²) in [6.07, 6.45) is 2.62. The molecular formula is C21H26N4O. The van der Waals surface area contributed by atoms with E-state index in [-0.39, 0.29) is 11.9 Å². The van der Waals surface area contributed by atoms with Gasteiger partial charge in [-0.15, -0.1) is 0 Å². The summed E-state index contributed by atoms with van der Waals surface area (Å²) in [4.78, 5) is 20.1. The number of aromatic nitrogens is 2. The minimum absolute atomic E-state index is 0.00140. The molecule has 0 fully saturated rings. The van der Waals surface area contributed by atoms with Crippen LogP contribution in [0, 0.1) is 12.8 Å². The number of amides is 1. The molecule has 0 aliphatic rings. The fraction of sp³-hybridized carbons (Fsp3) is 0.333. The van der Waals surface area contributed by atoms with Crippen molar-refractivity contribution in [3.63, 3.8) is 0 Å². The van der Waals surface area contributed by atoms with Gasteiger partial charge in [0.1, 0.15) is 5.65 Å². The predicted octanol–water partition coefficient (Wildman–Crippen LogP) is 4.11. The molecule has 2 heterocycles. The van der Waals surface area contributed by atoms with Crippen LogP contribution in [0.25, 0.3) is 22.2 Å². The molecular weight excluding hydrogens is 324 g/mol. The van der Waals surface area contributed by atoms with Gasteiger partial charge in [0.2, 0.25) is 5.91 Å². The summed E-state index contributed by atoms with van der Waals surface area (Å²) in [6.45, 7) is 6.26. The second-order valence-corrected chi connectivity index (χ2v) is 7.11. The van der Waals surface area contributed by atoms with Crippen LogP contribution in [-0.2, 0) is 4.79 Å². The van der Waals surface area contributed by atoms with Crippen LogP contribution in [0.15, 0.2) is 42.6 Å². The third kappa shape index (κ3) is 3.94. The summed E-state index contributed by atoms with van der Waals surface area (Å²) >= 11 is 0. The summed E-state index contributed by atoms with van der Waals surface area (Å²) in [5, 5.41) is 7.19. The lowest BCUT2D eigenvalue weighted by atomic mass is 10.0. The Morgan fingerprint density at radius 1 is 1.19 bits per heavy atom. The Bertz CT molecular complexity index is 896. The first-order chi connectivity index (χ1) is 12.5. The van der Waals surface area contributed by atoms with Gasteiger partial charge < -0.3 is 15.6 Å². The van der Waals surface area contributed by atoms with Gasteiger partial charge in [-0.1, -0.05) is 26.0 Å². The number of fused-ring (bicyclic) bond motifs is 1. The van der Waals surface area contributed by atoms with E-state index in [0.717, 1.165) is 40.0 Å². The molecule has 3 aromatic rings. The number of likely N-dealkylation sites (N-methyl/N-ethyl adjacent to an activating group) is 1. The van der Waals surface area contributed by atoms with Crippen LogP contribution in [0.4, 0.5) is 5.69 Å². The highest BCUT2D eigenvalue weighted by molar-refractivity contribution is 5.96. The molecule has 1 amide bonds. The van der Waals surface area contributed by atoms with Crippen molar-refractivity contribution in [2.24, 2.45) is 5.92 Å². The number of aryl methyl sites for hydroxylation is 1. The molecule has 0 saturated heterocycles. The van der Waals surface area contributed by atoms with Crippen LogP contribution in [0.3, 0.4) is 0 Å². The van der Waals surface area contributed by atoms with Gasteiger partial charge in [0, 0.05) is 23.0 Å². The van der Waals surface area contributed by atoms with E-state index >= 15 is 0 Å². The third-order valence-corrected chi connectivity index (χ3v) is 4.50. The number of pyridine rings is 1. The number of carbonyl (C=O) groups is 1. The van der Waals surface area contributed by atoms with Crippen molar-refractivity contribution in [2.75, 3.05) is 12.4 Å². The third-order valence-electron chi connectivity index (χ3n) is 4.50. The zero-order chi connectivity index (χ0) is 18.7. The molecule has 1 aromatic carbocycles. The monoisotopic (exact) mass is 350 g/mol. The van der Waals surface area contributed by atoms with Crippen LogP contribution in [-0.4, -0.2) is 29.0 Å². The molecule has 0 spiro atoms. The average molecular weight is 350 g/mol. The normalized spacial score (nSPS) is 12.5. The van der Waals surface area contributed by atoms with Gasteiger partial charge in [-0.05, 0) is 61.7 Å². The Kier molecular flexibility index (Phi) is 5.38. The van der Waals surface area contributed by atoms with Crippen molar-refractivity contribution < 1.29 is 4.79 Å². The molecule has 1 atom stereocenters. The molecule has 0 aliphatic carbocycles. The lowest BCUT2D eigenvalue weighted by Crippen LogP contribution is -2.39. The number of nitrogens with one attached hydrogen (secondary N) is 3. The Morgan fingerprint density at radius 3 is 2.58 bits per heavy atom. The van der Waals surface area contributed by atoms with Crippen molar-refractivity contribution in [1.29, 1.82) is 0 Å². The van der Waals surface area contributed by atoms with E-state index < -0.39 is 0 Å². The van der Waals surface area contributed by atoms with Crippen molar-refractivity contribution >= 4 is 22.6 Å². The molecule has 3 N–H and O–H groups in total. The molecule has 0 unspecified atom stereocenters. The smallest absolute Gasteiger partial charge is 0.241 e. The van der Waals surface area contributed by atoms with Gasteiger partial charge in [-0.3, -0.25) is 4.79 Å². The van der Waals surface area contributed by atoms with Gasteiger partial charge in [0.05, 0.1) is 6.04 Å². The van der Waals surface area contributed by atoms with Gasteiger partial charge in [0.15, 0.2) is 0 Å². The maximum atomic E-state index is 12.4. The molecule has 5 nitrogen and oxygen atoms in total. The maximum Gasteiger partial charge on any atom is 0.241 e. The number of aromatic amines is 1. The van der Waals surface area contributed by atoms with Crippen LogP contribution < -0.4 is 10.6 Å². The summed E-state index contributed by atoms with van der Waals surface area (Å²) in [5.74, 6) is 0.459. The second-order valence-electron chi connectivity index (χ2n) is 7.11. The Morgan fingerprint density at radius 2 is 1.92 bits per heavy atom. The Balaban J connectivity index is 1.79. The topological polar surface area (TPSA) is 69.8 Å². The number of benzene rings is 1. The van der Waals surface area contributed by atoms with Crippen molar-refractivity contribution in [1.82, 2.24) is 15.3 Å². The molecule has 2 aromatic heterocycles. The van der Waals surface area contributed by atoms with E-state index in [2.05, 4.69) is 40.5 Å². The quantitative estimate of drug-likeness (QED) is 0.626. The zero-order valence-corrected chi connectivity index (χ0v) is 15.8. The fourth-order valence-corrected chi connectivity index (χ4v) is 3.20. The largest absolute Gasteiger partial charge is 0.344 e. The highest BCUT2D eigenvalue weighted by atomic mass is 16.2. The van der Waals surface area contributed by atoms with Gasteiger partial charge in [0.25, 0.3) is 0 Å². The predicted molar refractivity (Wildman–Crippen MR) is 107 cm³/mol. The molecule has 5 heteroatoms. The van der Waals surface area contributed by atoms with E-state index in [0.29, 0.717) is 5.92 Å². The minimum Gasteiger partial charge on any atom is -0.344 e. The minimum atomic E-state index is -0.183. The molecule has 3 rings (SSSR count). The molecule has 0 aliphatic heterocycles. The summed E-state index contributed by atoms with van der Waals surface area (Å²) in [6, 6.07) is 11.9. The summed E-state index contributed by atoms with van der Waals surface area (Å²) in [7, 11) is 1.82. The number of nitrogens with zero attached hydrogens (tertiary/aromatic N) is 1. The van der Waals surface area contributed by atoms with Crippen LogP contribution in [0.1, 0.15) is 26.0 Å². The summed E-state index contributed by atoms with van der Waals surface area (Å²) < 4.78 is 0. The van der Waals surface area contributed by atoms with Crippen molar-refractivity contribution in [3.05, 3.63) is 48.3 Å². The molecule has 26 heavy (non-hydrogen) atoms. The number of hydrogen-bond acceptors (Lipinski definition) is 3. The first kappa shape index (κ1) is 18.1. The lowest BCUT2D eigenvalue weighted by Gasteiger charge is -2.18. The standard InChI is InChI=1S/C21H26N4O/c1-13(2)11-19(22-4)21(26)25-16-7-5-15(6-8-16)17-9-10-23-20-18(17)12-14(3)24-20/h5-10,12-13,19,22H,11H2,1-4H3,(H,23,24)(H,25,26)/t19-/m1/s1. The molecule has 0 bridgehead atoms. The van der Waals surface area contributed by atoms with Crippen molar-refractivity contribution in [2.45, 2.75) is 33.2 Å². The Hall–Kier alpha value is -2.66. The number of H-pyrrole nitrogens is 1. The van der Waals surface area contributed by atoms with Crippen molar-refractivity contribution in [3.8, 4) is 11.1 Å². The first-order valence-corrected chi connectivity index (χ1v) is 9.01. The van der Waals surface area contributed by atoms with E-state index in [1.54, 1.807) is 0 Å². The summed E-state index contributed by atoms with van der Waals surface area (Å²) in [5.41, 5.74) is 5.01. The number of rotatable bonds is 6. The van der Waals surface area contributed by atoms with E-state index in [1.807, 2.05) is 50.5 Å². The Labute approximate surface area is 154 Å². The van der Waals surface area contributed by atoms with E-state index in [4.69, 9.17) is 0 Å². The number of hydrogen-bond donors (Lipinski definition) is 3. The van der Waals surface area contributed by atoms with Crippen LogP contribution in [0.5, 0.6) is 0 Å². The fourth-order valence-electron chi connectivity index (χ4n) is 3.20. The second kappa shape index (κ2) is 7.70. The molecule has 0 saturated carbocycles. The van der Waals surface area contributed by atoms with Crippen LogP contribution in [0.2, 0.25) is 0 Å². The number of carbonyl (C=O) groups excluding carboxylic acids is 1. The van der Waals surface area contributed by atoms with E-state index in [9.17, 15) is 4.79 Å². The highest BCUT2D eigenvalue weighted by Crippen LogP contribution is 2.28. The zero-order valence-electron chi connectivity index (χ0n) is 15.8. The first-order valence-electron chi connectivity index (χ1n) is 9.01. The van der Waals surface area contributed by atoms with E-state index in [1.165, 1.54) is 0 Å². The van der Waals surface area contributed by atoms with Gasteiger partial charge in [-0.2, -0.15) is 0 Å². The van der Waals surface area contributed by atoms with Crippen LogP contribution >= 0.6 is 0 Å².